The molecule has 0 saturated carbocycles. The average Bonchev–Trinajstić information content (AvgIpc) is 0.760. The van der Waals surface area contributed by atoms with E-state index in [0.717, 1.165) is 35.1 Å². The number of halogens is 3. The van der Waals surface area contributed by atoms with Crippen LogP contribution >= 0.6 is 34.8 Å². The fourth-order valence-electron chi connectivity index (χ4n) is 18.0. The smallest absolute Gasteiger partial charge is 0.407 e. The van der Waals surface area contributed by atoms with Gasteiger partial charge in [-0.15, -0.1) is 0 Å². The Morgan fingerprint density at radius 3 is 1.15 bits per heavy atom. The van der Waals surface area contributed by atoms with Crippen molar-refractivity contribution in [3.8, 4) is 0 Å². The van der Waals surface area contributed by atoms with E-state index < -0.39 is 121 Å². The normalized spacial score (nSPS) is 40.3. The minimum absolute atomic E-state index is 0.0306. The quantitative estimate of drug-likeness (QED) is 0.0442. The highest BCUT2D eigenvalue weighted by Gasteiger charge is 2.57. The van der Waals surface area contributed by atoms with Gasteiger partial charge in [0.2, 0.25) is 3.79 Å². The number of rotatable bonds is 33. The Hall–Kier alpha value is -3.66. The van der Waals surface area contributed by atoms with Crippen LogP contribution in [0.25, 0.3) is 0 Å². The number of amides is 1. The molecule has 638 valence electrons. The van der Waals surface area contributed by atoms with Crippen molar-refractivity contribution in [2.45, 2.75) is 322 Å². The predicted molar refractivity (Wildman–Crippen MR) is 437 cm³/mol. The second-order valence-corrected chi connectivity index (χ2v) is 36.5. The maximum Gasteiger partial charge on any atom is 0.407 e. The maximum atomic E-state index is 13.6. The molecule has 0 spiro atoms. The van der Waals surface area contributed by atoms with Gasteiger partial charge in [-0.1, -0.05) is 281 Å². The summed E-state index contributed by atoms with van der Waals surface area (Å²) >= 11 is 18.1. The van der Waals surface area contributed by atoms with Crippen LogP contribution in [0.4, 0.5) is 4.79 Å². The highest BCUT2D eigenvalue weighted by Crippen LogP contribution is 2.47. The van der Waals surface area contributed by atoms with Crippen LogP contribution in [-0.2, 0) is 112 Å². The van der Waals surface area contributed by atoms with E-state index in [9.17, 15) is 4.79 Å². The van der Waals surface area contributed by atoms with Crippen LogP contribution in [0.15, 0.2) is 121 Å². The lowest BCUT2D eigenvalue weighted by Crippen LogP contribution is -2.64. The van der Waals surface area contributed by atoms with Crippen molar-refractivity contribution in [1.29, 1.82) is 0 Å². The van der Waals surface area contributed by atoms with Gasteiger partial charge >= 0.3 is 6.09 Å². The average molecular weight is 1650 g/mol. The Kier molecular flexibility index (Phi) is 34.1. The summed E-state index contributed by atoms with van der Waals surface area (Å²) in [5.74, 6) is -0.477. The molecule has 20 nitrogen and oxygen atoms in total. The lowest BCUT2D eigenvalue weighted by molar-refractivity contribution is -0.389. The minimum Gasteiger partial charge on any atom is -0.445 e. The topological polar surface area (TPSA) is 195 Å². The second-order valence-electron chi connectivity index (χ2n) is 34.0. The monoisotopic (exact) mass is 1650 g/mol. The van der Waals surface area contributed by atoms with E-state index in [4.69, 9.17) is 120 Å². The fourth-order valence-corrected chi connectivity index (χ4v) is 18.2. The van der Waals surface area contributed by atoms with Crippen LogP contribution in [0.5, 0.6) is 0 Å². The molecule has 4 aromatic carbocycles. The van der Waals surface area contributed by atoms with Gasteiger partial charge in [-0.05, 0) is 102 Å². The molecule has 7 aliphatic heterocycles. The molecule has 114 heavy (non-hydrogen) atoms. The van der Waals surface area contributed by atoms with E-state index >= 15 is 0 Å². The molecule has 0 aromatic heterocycles. The number of ether oxygens (including phenoxy) is 18. The molecule has 1 N–H and O–H groups in total. The zero-order valence-electron chi connectivity index (χ0n) is 70.6. The predicted octanol–water partition coefficient (Wildman–Crippen LogP) is 18.4. The molecule has 0 bridgehead atoms. The van der Waals surface area contributed by atoms with Gasteiger partial charge in [0.05, 0.1) is 113 Å². The Bertz CT molecular complexity index is 3440. The summed E-state index contributed by atoms with van der Waals surface area (Å²) in [6.45, 7) is 40.8. The second kappa shape index (κ2) is 42.7. The van der Waals surface area contributed by atoms with Crippen molar-refractivity contribution in [2.24, 2.45) is 76.9 Å². The van der Waals surface area contributed by atoms with E-state index in [0.29, 0.717) is 50.9 Å². The van der Waals surface area contributed by atoms with Gasteiger partial charge < -0.3 is 90.6 Å². The Morgan fingerprint density at radius 1 is 0.316 bits per heavy atom. The first-order chi connectivity index (χ1) is 54.7. The summed E-state index contributed by atoms with van der Waals surface area (Å²) in [6.07, 6.45) is -9.28. The molecular weight excluding hydrogens is 1520 g/mol. The minimum atomic E-state index is -1.83. The summed E-state index contributed by atoms with van der Waals surface area (Å²) in [7, 11) is 0. The van der Waals surface area contributed by atoms with Gasteiger partial charge in [-0.2, -0.15) is 0 Å². The molecule has 7 fully saturated rings. The van der Waals surface area contributed by atoms with Gasteiger partial charge in [-0.3, -0.25) is 0 Å². The third-order valence-corrected chi connectivity index (χ3v) is 27.1. The van der Waals surface area contributed by atoms with Crippen molar-refractivity contribution < 1.29 is 90.1 Å². The zero-order valence-corrected chi connectivity index (χ0v) is 72.9. The molecule has 7 aliphatic rings. The van der Waals surface area contributed by atoms with Gasteiger partial charge in [-0.25, -0.2) is 4.79 Å². The summed E-state index contributed by atoms with van der Waals surface area (Å²) in [6, 6.07) is 39.7. The third kappa shape index (κ3) is 22.7. The van der Waals surface area contributed by atoms with E-state index in [1.807, 2.05) is 98.8 Å². The highest BCUT2D eigenvalue weighted by molar-refractivity contribution is 6.67. The lowest BCUT2D eigenvalue weighted by atomic mass is 9.78. The van der Waals surface area contributed by atoms with Gasteiger partial charge in [0.1, 0.15) is 24.9 Å². The molecule has 7 heterocycles. The summed E-state index contributed by atoms with van der Waals surface area (Å²) in [5, 5.41) is 2.98. The third-order valence-electron chi connectivity index (χ3n) is 26.7. The summed E-state index contributed by atoms with van der Waals surface area (Å²) in [4.78, 5) is 13.6. The molecule has 7 saturated heterocycles. The van der Waals surface area contributed by atoms with Crippen LogP contribution < -0.4 is 5.32 Å². The number of alkyl halides is 3. The van der Waals surface area contributed by atoms with E-state index in [1.165, 1.54) is 0 Å². The van der Waals surface area contributed by atoms with E-state index in [1.54, 1.807) is 0 Å². The highest BCUT2D eigenvalue weighted by atomic mass is 35.6. The van der Waals surface area contributed by atoms with Crippen LogP contribution in [0.1, 0.15) is 179 Å². The lowest BCUT2D eigenvalue weighted by Gasteiger charge is -2.53. The molecule has 0 radical (unpaired) electrons. The number of hydrogen-bond donors (Lipinski definition) is 1. The SMILES string of the molecule is CCC1O[C@@H](O[C@@H]2C(OCc3ccccc3)[C@H](O[C@@H]3C(CC)O[C@@H](O[C@@H]4C(CC)O[C@@H](OCc5ccccc5)C(NC(=O)OCC(Cl)(Cl)Cl)[C@H]4C)C(C)[C@H]3C)OC(CO[C@H]3OC(CC)[C@@H](C)[C@H](C)C3C)[C@H]2C)[C@@H](O[C@@H]2OC(CC)[C@@H](O[C@@H]3OC(COCc4ccccc4)[C@H](C)[C@H](C)C3OCc3ccccc3)[C@H](C)C2C)C(C)[C@H]1C. The number of carbonyl (C=O) groups is 1. The first-order valence-electron chi connectivity index (χ1n) is 42.8. The summed E-state index contributed by atoms with van der Waals surface area (Å²) < 4.78 is 126. The van der Waals surface area contributed by atoms with Crippen molar-refractivity contribution in [3.05, 3.63) is 144 Å². The van der Waals surface area contributed by atoms with E-state index in [2.05, 4.69) is 152 Å². The zero-order chi connectivity index (χ0) is 81.7. The standard InChI is InChI=1S/C91H134Cl3NO19/c1-19-68-52(7)51(6)59(14)83(103-68)101-49-74-62(17)79(113-88-81(56(11)53(8)69(20-2)104-88)114-85-61(16)58(13)76(70(21-3)106-85)111-87-80(98-45-65-38-30-25-31-39-65)55(10)54(9)73(108-87)48-97-44-64-36-28-24-29-37-64)82(99-46-66-40-32-26-33-41-66)89(109-74)112-77-57(12)60(15)84(105-71(77)22-4)110-78-63(18)75(95-90(96)102-50-91(92,93)94)86(107-72(78)23-5)100-47-67-42-34-27-35-43-67/h24-43,51-63,68-89H,19-23,44-50H2,1-18H3,(H,95,96)/t51-,52-,53+,54+,55-,56?,57+,58+,59?,60?,61?,62+,63+,68?,69?,70?,71?,72?,73?,74?,75?,76-,77-,78-,79-,80?,81-,82?,83-,84-,85-,86+,87-,88-,89-/m0/s1. The first-order valence-corrected chi connectivity index (χ1v) is 43.9. The molecule has 14 unspecified atom stereocenters. The van der Waals surface area contributed by atoms with Gasteiger partial charge in [0.25, 0.3) is 0 Å². The number of nitrogens with one attached hydrogen (secondary N) is 1. The molecular formula is C91H134Cl3NO19. The van der Waals surface area contributed by atoms with Crippen molar-refractivity contribution in [3.63, 3.8) is 0 Å². The van der Waals surface area contributed by atoms with E-state index in [-0.39, 0.29) is 116 Å². The van der Waals surface area contributed by atoms with Gasteiger partial charge in [0, 0.05) is 29.6 Å². The molecule has 11 rings (SSSR count). The maximum absolute atomic E-state index is 13.6. The Balaban J connectivity index is 0.870. The van der Waals surface area contributed by atoms with Gasteiger partial charge in [0.15, 0.2) is 44.0 Å². The van der Waals surface area contributed by atoms with Crippen molar-refractivity contribution in [2.75, 3.05) is 19.8 Å². The Morgan fingerprint density at radius 2 is 0.658 bits per heavy atom. The van der Waals surface area contributed by atoms with Crippen LogP contribution in [0, 0.1) is 76.9 Å². The number of benzene rings is 4. The molecule has 0 aliphatic carbocycles. The number of carbonyl (C=O) groups excluding carboxylic acids is 1. The molecule has 23 heteroatoms. The molecule has 35 atom stereocenters. The fraction of sp³-hybridized carbons (Fsp3) is 0.725. The van der Waals surface area contributed by atoms with Crippen LogP contribution in [0.3, 0.4) is 0 Å². The molecule has 4 aromatic rings. The van der Waals surface area contributed by atoms with Crippen LogP contribution in [-0.4, -0.2) is 165 Å². The molecule has 1 amide bonds. The van der Waals surface area contributed by atoms with Crippen molar-refractivity contribution in [1.82, 2.24) is 5.32 Å². The summed E-state index contributed by atoms with van der Waals surface area (Å²) in [5.41, 5.74) is 4.08. The largest absolute Gasteiger partial charge is 0.445 e. The van der Waals surface area contributed by atoms with Crippen LogP contribution in [0.2, 0.25) is 0 Å². The first kappa shape index (κ1) is 91.1. The Labute approximate surface area is 695 Å². The number of alkyl carbamates (subject to hydrolysis) is 1. The number of hydrogen-bond acceptors (Lipinski definition) is 19. The van der Waals surface area contributed by atoms with Crippen molar-refractivity contribution >= 4 is 40.9 Å².